The highest BCUT2D eigenvalue weighted by Crippen LogP contribution is 2.32. The van der Waals surface area contributed by atoms with E-state index in [1.807, 2.05) is 17.9 Å². The van der Waals surface area contributed by atoms with Crippen molar-refractivity contribution >= 4 is 0 Å². The number of nitrogens with one attached hydrogen (secondary N) is 1. The third-order valence-corrected chi connectivity index (χ3v) is 4.55. The van der Waals surface area contributed by atoms with Gasteiger partial charge in [-0.2, -0.15) is 18.3 Å². The summed E-state index contributed by atoms with van der Waals surface area (Å²) in [5, 5.41) is 7.84. The number of aromatic nitrogens is 2. The van der Waals surface area contributed by atoms with E-state index in [9.17, 15) is 13.2 Å². The molecule has 3 rings (SSSR count). The van der Waals surface area contributed by atoms with E-state index >= 15 is 0 Å². The Morgan fingerprint density at radius 3 is 2.85 bits per heavy atom. The van der Waals surface area contributed by atoms with Crippen LogP contribution in [0.3, 0.4) is 0 Å². The van der Waals surface area contributed by atoms with Crippen LogP contribution >= 0.6 is 0 Å². The maximum absolute atomic E-state index is 12.3. The molecule has 1 heterocycles. The molecule has 0 amide bonds. The molecule has 0 fully saturated rings. The summed E-state index contributed by atoms with van der Waals surface area (Å²) in [6, 6.07) is 5.18. The molecule has 1 aliphatic carbocycles. The number of ether oxygens (including phenoxy) is 2. The van der Waals surface area contributed by atoms with Gasteiger partial charge in [-0.25, -0.2) is 0 Å². The molecule has 0 spiro atoms. The molecule has 0 bridgehead atoms. The summed E-state index contributed by atoms with van der Waals surface area (Å²) in [5.41, 5.74) is 3.38. The van der Waals surface area contributed by atoms with Crippen molar-refractivity contribution in [3.63, 3.8) is 0 Å². The van der Waals surface area contributed by atoms with Crippen LogP contribution in [-0.4, -0.2) is 29.7 Å². The van der Waals surface area contributed by atoms with Crippen LogP contribution in [0, 0.1) is 0 Å². The lowest BCUT2D eigenvalue weighted by molar-refractivity contribution is -0.153. The number of methoxy groups -OCH3 is 1. The lowest BCUT2D eigenvalue weighted by Gasteiger charge is -2.24. The van der Waals surface area contributed by atoms with Gasteiger partial charge in [-0.3, -0.25) is 4.68 Å². The van der Waals surface area contributed by atoms with Crippen LogP contribution in [0.15, 0.2) is 24.4 Å². The number of alkyl halides is 3. The largest absolute Gasteiger partial charge is 0.493 e. The number of rotatable bonds is 6. The first-order valence-corrected chi connectivity index (χ1v) is 8.48. The van der Waals surface area contributed by atoms with Crippen molar-refractivity contribution in [2.75, 3.05) is 13.7 Å². The van der Waals surface area contributed by atoms with E-state index in [0.717, 1.165) is 24.8 Å². The zero-order chi connectivity index (χ0) is 18.7. The number of aryl methyl sites for hydroxylation is 1. The second-order valence-electron chi connectivity index (χ2n) is 6.38. The van der Waals surface area contributed by atoms with Crippen molar-refractivity contribution in [2.45, 2.75) is 38.0 Å². The fourth-order valence-electron chi connectivity index (χ4n) is 3.26. The Kier molecular flexibility index (Phi) is 5.41. The first-order valence-electron chi connectivity index (χ1n) is 8.48. The number of halogens is 3. The summed E-state index contributed by atoms with van der Waals surface area (Å²) in [6.45, 7) is -0.762. The van der Waals surface area contributed by atoms with Gasteiger partial charge in [0, 0.05) is 30.9 Å². The molecule has 0 aliphatic heterocycles. The number of benzene rings is 1. The highest BCUT2D eigenvalue weighted by atomic mass is 19.4. The van der Waals surface area contributed by atoms with E-state index in [4.69, 9.17) is 9.47 Å². The van der Waals surface area contributed by atoms with Gasteiger partial charge in [-0.15, -0.1) is 0 Å². The first kappa shape index (κ1) is 18.6. The predicted molar refractivity (Wildman–Crippen MR) is 90.3 cm³/mol. The molecule has 1 N–H and O–H groups in total. The number of nitrogens with zero attached hydrogens (tertiary/aromatic N) is 2. The zero-order valence-corrected chi connectivity index (χ0v) is 14.8. The van der Waals surface area contributed by atoms with E-state index in [1.54, 1.807) is 12.1 Å². The monoisotopic (exact) mass is 369 g/mol. The van der Waals surface area contributed by atoms with Crippen molar-refractivity contribution in [3.8, 4) is 11.5 Å². The van der Waals surface area contributed by atoms with Gasteiger partial charge in [0.05, 0.1) is 13.3 Å². The third kappa shape index (κ3) is 4.30. The van der Waals surface area contributed by atoms with Crippen LogP contribution < -0.4 is 14.8 Å². The SMILES string of the molecule is COc1cc(CNC2CCCc3c2cnn3C)ccc1OCC(F)(F)F. The fourth-order valence-corrected chi connectivity index (χ4v) is 3.26. The molecule has 1 atom stereocenters. The lowest BCUT2D eigenvalue weighted by Crippen LogP contribution is -2.25. The highest BCUT2D eigenvalue weighted by molar-refractivity contribution is 5.43. The molecule has 0 radical (unpaired) electrons. The maximum atomic E-state index is 12.3. The van der Waals surface area contributed by atoms with Crippen molar-refractivity contribution in [1.29, 1.82) is 0 Å². The van der Waals surface area contributed by atoms with Crippen LogP contribution in [0.1, 0.15) is 35.7 Å². The second kappa shape index (κ2) is 7.57. The quantitative estimate of drug-likeness (QED) is 0.846. The standard InChI is InChI=1S/C18H22F3N3O2/c1-24-15-5-3-4-14(13(15)10-23-24)22-9-12-6-7-16(17(8-12)25-2)26-11-18(19,20)21/h6-8,10,14,22H,3-5,9,11H2,1-2H3. The van der Waals surface area contributed by atoms with Gasteiger partial charge in [0.1, 0.15) is 0 Å². The van der Waals surface area contributed by atoms with Gasteiger partial charge >= 0.3 is 6.18 Å². The summed E-state index contributed by atoms with van der Waals surface area (Å²) in [5.74, 6) is 0.375. The van der Waals surface area contributed by atoms with Crippen molar-refractivity contribution in [1.82, 2.24) is 15.1 Å². The van der Waals surface area contributed by atoms with Crippen LogP contribution in [0.25, 0.3) is 0 Å². The normalized spacial score (nSPS) is 17.0. The molecule has 2 aromatic rings. The van der Waals surface area contributed by atoms with Crippen molar-refractivity contribution in [2.24, 2.45) is 7.05 Å². The average Bonchev–Trinajstić information content (AvgIpc) is 2.99. The van der Waals surface area contributed by atoms with E-state index in [-0.39, 0.29) is 11.8 Å². The fraction of sp³-hybridized carbons (Fsp3) is 0.500. The highest BCUT2D eigenvalue weighted by Gasteiger charge is 2.29. The van der Waals surface area contributed by atoms with E-state index in [0.29, 0.717) is 12.3 Å². The zero-order valence-electron chi connectivity index (χ0n) is 14.8. The predicted octanol–water partition coefficient (Wildman–Crippen LogP) is 3.54. The van der Waals surface area contributed by atoms with Gasteiger partial charge < -0.3 is 14.8 Å². The lowest BCUT2D eigenvalue weighted by atomic mass is 9.93. The summed E-state index contributed by atoms with van der Waals surface area (Å²) in [6.07, 6.45) is 0.678. The minimum Gasteiger partial charge on any atom is -0.493 e. The number of fused-ring (bicyclic) bond motifs is 1. The van der Waals surface area contributed by atoms with Gasteiger partial charge in [0.25, 0.3) is 0 Å². The van der Waals surface area contributed by atoms with Crippen LogP contribution in [0.5, 0.6) is 11.5 Å². The molecule has 5 nitrogen and oxygen atoms in total. The van der Waals surface area contributed by atoms with E-state index in [1.165, 1.54) is 24.4 Å². The van der Waals surface area contributed by atoms with Crippen molar-refractivity contribution in [3.05, 3.63) is 41.2 Å². The molecular formula is C18H22F3N3O2. The minimum absolute atomic E-state index is 0.0841. The Hall–Kier alpha value is -2.22. The Morgan fingerprint density at radius 2 is 2.12 bits per heavy atom. The average molecular weight is 369 g/mol. The summed E-state index contributed by atoms with van der Waals surface area (Å²) in [4.78, 5) is 0. The topological polar surface area (TPSA) is 48.3 Å². The first-order chi connectivity index (χ1) is 12.4. The molecule has 0 saturated heterocycles. The molecular weight excluding hydrogens is 347 g/mol. The summed E-state index contributed by atoms with van der Waals surface area (Å²) in [7, 11) is 3.36. The third-order valence-electron chi connectivity index (χ3n) is 4.55. The second-order valence-corrected chi connectivity index (χ2v) is 6.38. The van der Waals surface area contributed by atoms with Gasteiger partial charge in [0.15, 0.2) is 18.1 Å². The maximum Gasteiger partial charge on any atom is 0.422 e. The van der Waals surface area contributed by atoms with Crippen molar-refractivity contribution < 1.29 is 22.6 Å². The molecule has 1 aromatic heterocycles. The van der Waals surface area contributed by atoms with E-state index in [2.05, 4.69) is 10.4 Å². The van der Waals surface area contributed by atoms with Gasteiger partial charge in [-0.1, -0.05) is 6.07 Å². The molecule has 1 aromatic carbocycles. The molecule has 1 unspecified atom stereocenters. The number of hydrogen-bond donors (Lipinski definition) is 1. The van der Waals surface area contributed by atoms with Crippen LogP contribution in [-0.2, 0) is 20.0 Å². The molecule has 8 heteroatoms. The Balaban J connectivity index is 1.65. The molecule has 142 valence electrons. The Morgan fingerprint density at radius 1 is 1.31 bits per heavy atom. The van der Waals surface area contributed by atoms with Crippen LogP contribution in [0.2, 0.25) is 0 Å². The smallest absolute Gasteiger partial charge is 0.422 e. The molecule has 1 aliphatic rings. The van der Waals surface area contributed by atoms with Gasteiger partial charge in [0.2, 0.25) is 0 Å². The summed E-state index contributed by atoms with van der Waals surface area (Å²) >= 11 is 0. The molecule has 26 heavy (non-hydrogen) atoms. The minimum atomic E-state index is -4.38. The van der Waals surface area contributed by atoms with Crippen LogP contribution in [0.4, 0.5) is 13.2 Å². The van der Waals surface area contributed by atoms with E-state index < -0.39 is 12.8 Å². The van der Waals surface area contributed by atoms with Gasteiger partial charge in [-0.05, 0) is 37.0 Å². The summed E-state index contributed by atoms with van der Waals surface area (Å²) < 4.78 is 48.9. The number of hydrogen-bond acceptors (Lipinski definition) is 4. The molecule has 0 saturated carbocycles. The Labute approximate surface area is 150 Å². The Bertz CT molecular complexity index is 759.